The molecule has 0 heterocycles. The first-order valence-electron chi connectivity index (χ1n) is 2.71. The van der Waals surface area contributed by atoms with Gasteiger partial charge in [-0.1, -0.05) is 38.8 Å². The molecule has 0 N–H and O–H groups in total. The van der Waals surface area contributed by atoms with Crippen LogP contribution in [-0.4, -0.2) is 9.20 Å². The van der Waals surface area contributed by atoms with Crippen molar-refractivity contribution >= 4 is 54.1 Å². The largest absolute Gasteiger partial charge is 0.383 e. The van der Waals surface area contributed by atoms with E-state index in [1.807, 2.05) is 6.92 Å². The maximum absolute atomic E-state index is 10.7. The standard InChI is InChI=1S/C5H7Br3O2/c1-2-5(6,7)3-4(9)10-8/h2-3H2,1H3. The number of alkyl halides is 2. The second-order valence-corrected chi connectivity index (χ2v) is 6.26. The van der Waals surface area contributed by atoms with Crippen molar-refractivity contribution in [3.63, 3.8) is 0 Å². The summed E-state index contributed by atoms with van der Waals surface area (Å²) in [7, 11) is 0. The maximum atomic E-state index is 10.7. The van der Waals surface area contributed by atoms with Crippen molar-refractivity contribution in [1.82, 2.24) is 0 Å². The van der Waals surface area contributed by atoms with Gasteiger partial charge in [-0.05, 0) is 6.42 Å². The van der Waals surface area contributed by atoms with E-state index in [0.717, 1.165) is 6.42 Å². The highest BCUT2D eigenvalue weighted by Gasteiger charge is 2.24. The topological polar surface area (TPSA) is 26.3 Å². The number of hydrogen-bond donors (Lipinski definition) is 0. The van der Waals surface area contributed by atoms with Crippen LogP contribution in [0.1, 0.15) is 19.8 Å². The average molecular weight is 339 g/mol. The fourth-order valence-electron chi connectivity index (χ4n) is 0.363. The van der Waals surface area contributed by atoms with Crippen molar-refractivity contribution in [1.29, 1.82) is 0 Å². The molecule has 0 unspecified atom stereocenters. The third kappa shape index (κ3) is 4.68. The molecule has 0 radical (unpaired) electrons. The lowest BCUT2D eigenvalue weighted by molar-refractivity contribution is -0.132. The summed E-state index contributed by atoms with van der Waals surface area (Å²) in [5.41, 5.74) is 0. The van der Waals surface area contributed by atoms with Crippen LogP contribution in [0.15, 0.2) is 0 Å². The minimum Gasteiger partial charge on any atom is -0.383 e. The van der Waals surface area contributed by atoms with Crippen molar-refractivity contribution in [3.8, 4) is 0 Å². The molecule has 0 aromatic carbocycles. The molecule has 0 bridgehead atoms. The molecule has 0 aliphatic carbocycles. The molecule has 0 aromatic heterocycles. The first-order valence-corrected chi connectivity index (χ1v) is 4.94. The zero-order chi connectivity index (χ0) is 8.20. The molecule has 0 atom stereocenters. The van der Waals surface area contributed by atoms with E-state index in [2.05, 4.69) is 51.9 Å². The van der Waals surface area contributed by atoms with Crippen LogP contribution in [-0.2, 0) is 8.62 Å². The lowest BCUT2D eigenvalue weighted by atomic mass is 10.2. The predicted molar refractivity (Wildman–Crippen MR) is 50.5 cm³/mol. The Kier molecular flexibility index (Phi) is 5.15. The van der Waals surface area contributed by atoms with Crippen molar-refractivity contribution in [2.24, 2.45) is 0 Å². The number of rotatable bonds is 3. The Labute approximate surface area is 85.4 Å². The number of hydrogen-bond acceptors (Lipinski definition) is 2. The molecule has 0 aliphatic rings. The Hall–Kier alpha value is 0.910. The molecule has 0 aromatic rings. The Morgan fingerprint density at radius 2 is 2.10 bits per heavy atom. The first kappa shape index (κ1) is 10.9. The number of carbonyl (C=O) groups is 1. The van der Waals surface area contributed by atoms with Crippen molar-refractivity contribution in [2.45, 2.75) is 23.0 Å². The lowest BCUT2D eigenvalue weighted by Gasteiger charge is -2.14. The lowest BCUT2D eigenvalue weighted by Crippen LogP contribution is -2.15. The quantitative estimate of drug-likeness (QED) is 0.739. The van der Waals surface area contributed by atoms with Gasteiger partial charge in [0.25, 0.3) is 0 Å². The van der Waals surface area contributed by atoms with Crippen LogP contribution < -0.4 is 0 Å². The number of carbonyl (C=O) groups excluding carboxylic acids is 1. The van der Waals surface area contributed by atoms with Crippen molar-refractivity contribution < 1.29 is 8.62 Å². The van der Waals surface area contributed by atoms with Crippen LogP contribution >= 0.6 is 48.1 Å². The molecule has 0 spiro atoms. The second-order valence-electron chi connectivity index (χ2n) is 1.84. The normalized spacial score (nSPS) is 11.2. The highest BCUT2D eigenvalue weighted by Crippen LogP contribution is 2.33. The summed E-state index contributed by atoms with van der Waals surface area (Å²) in [5.74, 6) is -0.296. The summed E-state index contributed by atoms with van der Waals surface area (Å²) < 4.78 is 3.99. The van der Waals surface area contributed by atoms with Gasteiger partial charge in [0, 0.05) is 0 Å². The third-order valence-electron chi connectivity index (χ3n) is 1.01. The maximum Gasteiger partial charge on any atom is 0.319 e. The zero-order valence-electron chi connectivity index (χ0n) is 5.36. The van der Waals surface area contributed by atoms with E-state index in [-0.39, 0.29) is 9.20 Å². The van der Waals surface area contributed by atoms with Gasteiger partial charge in [-0.25, -0.2) is 0 Å². The SMILES string of the molecule is CCC(Br)(Br)CC(=O)OBr. The molecule has 0 aliphatic heterocycles. The summed E-state index contributed by atoms with van der Waals surface area (Å²) in [5, 5.41) is 0. The van der Waals surface area contributed by atoms with E-state index < -0.39 is 0 Å². The van der Waals surface area contributed by atoms with Gasteiger partial charge in [0.15, 0.2) is 16.3 Å². The Morgan fingerprint density at radius 1 is 1.60 bits per heavy atom. The van der Waals surface area contributed by atoms with Crippen LogP contribution in [0.2, 0.25) is 0 Å². The molecular weight excluding hydrogens is 332 g/mol. The highest BCUT2D eigenvalue weighted by atomic mass is 79.9. The van der Waals surface area contributed by atoms with Gasteiger partial charge in [0.1, 0.15) is 0 Å². The van der Waals surface area contributed by atoms with E-state index in [4.69, 9.17) is 0 Å². The molecule has 5 heteroatoms. The molecule has 10 heavy (non-hydrogen) atoms. The third-order valence-corrected chi connectivity index (χ3v) is 3.05. The molecule has 0 fully saturated rings. The predicted octanol–water partition coefficient (Wildman–Crippen LogP) is 3.13. The summed E-state index contributed by atoms with van der Waals surface area (Å²) in [4.78, 5) is 10.7. The second kappa shape index (κ2) is 4.72. The van der Waals surface area contributed by atoms with Gasteiger partial charge in [-0.3, -0.25) is 4.79 Å². The summed E-state index contributed by atoms with van der Waals surface area (Å²) in [6.07, 6.45) is 1.11. The van der Waals surface area contributed by atoms with Crippen LogP contribution in [0.5, 0.6) is 0 Å². The molecular formula is C5H7Br3O2. The minimum absolute atomic E-state index is 0.296. The molecule has 0 amide bonds. The van der Waals surface area contributed by atoms with Gasteiger partial charge in [-0.2, -0.15) is 0 Å². The van der Waals surface area contributed by atoms with Gasteiger partial charge in [0.05, 0.1) is 9.65 Å². The highest BCUT2D eigenvalue weighted by molar-refractivity contribution is 9.25. The molecule has 0 rings (SSSR count). The van der Waals surface area contributed by atoms with Crippen LogP contribution in [0.4, 0.5) is 0 Å². The van der Waals surface area contributed by atoms with Crippen LogP contribution in [0.25, 0.3) is 0 Å². The van der Waals surface area contributed by atoms with Gasteiger partial charge >= 0.3 is 5.97 Å². The van der Waals surface area contributed by atoms with E-state index in [1.165, 1.54) is 0 Å². The monoisotopic (exact) mass is 336 g/mol. The Morgan fingerprint density at radius 3 is 2.40 bits per heavy atom. The summed E-state index contributed by atoms with van der Waals surface area (Å²) >= 11 is 9.24. The van der Waals surface area contributed by atoms with Crippen LogP contribution in [0, 0.1) is 0 Å². The van der Waals surface area contributed by atoms with Gasteiger partial charge < -0.3 is 3.83 Å². The first-order chi connectivity index (χ1) is 4.52. The van der Waals surface area contributed by atoms with E-state index in [0.29, 0.717) is 6.42 Å². The van der Waals surface area contributed by atoms with E-state index in [1.54, 1.807) is 0 Å². The van der Waals surface area contributed by atoms with E-state index >= 15 is 0 Å². The smallest absolute Gasteiger partial charge is 0.319 e. The summed E-state index contributed by atoms with van der Waals surface area (Å²) in [6, 6.07) is 0. The minimum atomic E-state index is -0.315. The zero-order valence-corrected chi connectivity index (χ0v) is 10.1. The molecule has 0 saturated heterocycles. The van der Waals surface area contributed by atoms with Crippen LogP contribution in [0.3, 0.4) is 0 Å². The fraction of sp³-hybridized carbons (Fsp3) is 0.800. The number of halogens is 3. The Balaban J connectivity index is 3.76. The van der Waals surface area contributed by atoms with Gasteiger partial charge in [-0.15, -0.1) is 0 Å². The van der Waals surface area contributed by atoms with Crippen molar-refractivity contribution in [2.75, 3.05) is 0 Å². The molecule has 60 valence electrons. The van der Waals surface area contributed by atoms with Gasteiger partial charge in [0.2, 0.25) is 0 Å². The van der Waals surface area contributed by atoms with E-state index in [9.17, 15) is 4.79 Å². The fourth-order valence-corrected chi connectivity index (χ4v) is 0.936. The average Bonchev–Trinajstić information content (AvgIpc) is 1.87. The summed E-state index contributed by atoms with van der Waals surface area (Å²) in [6.45, 7) is 1.96. The molecule has 2 nitrogen and oxygen atoms in total. The Bertz CT molecular complexity index is 124. The van der Waals surface area contributed by atoms with Crippen molar-refractivity contribution in [3.05, 3.63) is 0 Å². The molecule has 0 saturated carbocycles.